The molecule has 0 saturated carbocycles. The highest BCUT2D eigenvalue weighted by atomic mass is 32.1. The van der Waals surface area contributed by atoms with E-state index in [9.17, 15) is 0 Å². The number of aryl methyl sites for hydroxylation is 1. The molecule has 0 saturated heterocycles. The van der Waals surface area contributed by atoms with Crippen LogP contribution >= 0.6 is 11.7 Å². The zero-order valence-electron chi connectivity index (χ0n) is 8.45. The highest BCUT2D eigenvalue weighted by Gasteiger charge is 2.15. The van der Waals surface area contributed by atoms with E-state index in [4.69, 9.17) is 0 Å². The topological polar surface area (TPSA) is 81.4 Å². The van der Waals surface area contributed by atoms with Crippen molar-refractivity contribution in [2.45, 2.75) is 12.5 Å². The summed E-state index contributed by atoms with van der Waals surface area (Å²) < 4.78 is 8.14. The van der Waals surface area contributed by atoms with E-state index in [2.05, 4.69) is 29.5 Å². The maximum absolute atomic E-state index is 4.18. The molecule has 2 rings (SSSR count). The Bertz CT molecular complexity index is 409. The molecule has 1 atom stereocenters. The van der Waals surface area contributed by atoms with Crippen LogP contribution in [0.2, 0.25) is 0 Å². The summed E-state index contributed by atoms with van der Waals surface area (Å²) in [6.07, 6.45) is 2.41. The molecule has 2 heterocycles. The molecule has 0 bridgehead atoms. The number of nitrogens with zero attached hydrogens (tertiary/aromatic N) is 6. The molecule has 0 aliphatic rings. The molecule has 0 amide bonds. The molecule has 80 valence electrons. The lowest BCUT2D eigenvalue weighted by Gasteiger charge is -2.09. The number of likely N-dealkylation sites (N-methyl/N-ethyl adjacent to an activating group) is 1. The van der Waals surface area contributed by atoms with E-state index in [0.29, 0.717) is 12.2 Å². The van der Waals surface area contributed by atoms with E-state index < -0.39 is 0 Å². The zero-order chi connectivity index (χ0) is 10.7. The molecule has 0 fully saturated rings. The van der Waals surface area contributed by atoms with Gasteiger partial charge in [-0.05, 0) is 12.3 Å². The van der Waals surface area contributed by atoms with Gasteiger partial charge in [0, 0.05) is 6.42 Å². The van der Waals surface area contributed by atoms with Crippen molar-refractivity contribution >= 4 is 11.7 Å². The number of hydrogen-bond donors (Lipinski definition) is 1. The van der Waals surface area contributed by atoms with Crippen molar-refractivity contribution in [2.75, 3.05) is 7.05 Å². The molecule has 0 radical (unpaired) electrons. The Kier molecular flexibility index (Phi) is 2.97. The lowest BCUT2D eigenvalue weighted by molar-refractivity contribution is 0.560. The maximum atomic E-state index is 4.18. The largest absolute Gasteiger partial charge is 0.311 e. The second kappa shape index (κ2) is 4.41. The van der Waals surface area contributed by atoms with Crippen LogP contribution in [0.1, 0.15) is 17.6 Å². The molecular formula is C7H11N7S. The Balaban J connectivity index is 2.09. The fourth-order valence-electron chi connectivity index (χ4n) is 1.27. The predicted molar refractivity (Wildman–Crippen MR) is 54.2 cm³/mol. The molecular weight excluding hydrogens is 214 g/mol. The van der Waals surface area contributed by atoms with Gasteiger partial charge < -0.3 is 5.32 Å². The third-order valence-electron chi connectivity index (χ3n) is 2.02. The fourth-order valence-corrected chi connectivity index (χ4v) is 1.74. The molecule has 0 spiro atoms. The molecule has 1 N–H and O–H groups in total. The molecule has 15 heavy (non-hydrogen) atoms. The molecule has 7 nitrogen and oxygen atoms in total. The summed E-state index contributed by atoms with van der Waals surface area (Å²) in [5, 5.41) is 15.0. The summed E-state index contributed by atoms with van der Waals surface area (Å²) in [5.74, 6) is 0.699. The monoisotopic (exact) mass is 225 g/mol. The van der Waals surface area contributed by atoms with Gasteiger partial charge in [0.05, 0.1) is 36.7 Å². The highest BCUT2D eigenvalue weighted by Crippen LogP contribution is 2.13. The summed E-state index contributed by atoms with van der Waals surface area (Å²) in [5.41, 5.74) is 0.912. The van der Waals surface area contributed by atoms with E-state index in [1.54, 1.807) is 13.2 Å². The SMILES string of the molecule is CNC(Cc1nnn(C)n1)c1cnsn1. The van der Waals surface area contributed by atoms with E-state index in [0.717, 1.165) is 5.69 Å². The normalized spacial score (nSPS) is 12.9. The van der Waals surface area contributed by atoms with E-state index >= 15 is 0 Å². The third-order valence-corrected chi connectivity index (χ3v) is 2.51. The summed E-state index contributed by atoms with van der Waals surface area (Å²) in [6.45, 7) is 0. The smallest absolute Gasteiger partial charge is 0.176 e. The summed E-state index contributed by atoms with van der Waals surface area (Å²) in [7, 11) is 3.62. The molecule has 2 aromatic rings. The van der Waals surface area contributed by atoms with Crippen molar-refractivity contribution in [1.82, 2.24) is 34.3 Å². The minimum absolute atomic E-state index is 0.0907. The Morgan fingerprint density at radius 1 is 1.60 bits per heavy atom. The average molecular weight is 225 g/mol. The van der Waals surface area contributed by atoms with Gasteiger partial charge in [0.25, 0.3) is 0 Å². The van der Waals surface area contributed by atoms with Crippen LogP contribution in [0.5, 0.6) is 0 Å². The Morgan fingerprint density at radius 3 is 3.00 bits per heavy atom. The molecule has 8 heteroatoms. The first kappa shape index (κ1) is 10.1. The van der Waals surface area contributed by atoms with Gasteiger partial charge in [-0.2, -0.15) is 13.5 Å². The van der Waals surface area contributed by atoms with Crippen molar-refractivity contribution in [3.8, 4) is 0 Å². The van der Waals surface area contributed by atoms with Crippen molar-refractivity contribution in [1.29, 1.82) is 0 Å². The fraction of sp³-hybridized carbons (Fsp3) is 0.571. The lowest BCUT2D eigenvalue weighted by Crippen LogP contribution is -2.19. The van der Waals surface area contributed by atoms with Crippen LogP contribution in [0.3, 0.4) is 0 Å². The molecule has 2 aromatic heterocycles. The van der Waals surface area contributed by atoms with Crippen molar-refractivity contribution in [3.05, 3.63) is 17.7 Å². The first-order valence-corrected chi connectivity index (χ1v) is 5.20. The van der Waals surface area contributed by atoms with Gasteiger partial charge >= 0.3 is 0 Å². The van der Waals surface area contributed by atoms with Crippen LogP contribution in [-0.2, 0) is 13.5 Å². The Labute approximate surface area is 90.8 Å². The zero-order valence-corrected chi connectivity index (χ0v) is 9.27. The van der Waals surface area contributed by atoms with Crippen LogP contribution in [0.15, 0.2) is 6.20 Å². The minimum atomic E-state index is 0.0907. The molecule has 1 unspecified atom stereocenters. The van der Waals surface area contributed by atoms with E-state index in [1.165, 1.54) is 16.5 Å². The Morgan fingerprint density at radius 2 is 2.47 bits per heavy atom. The van der Waals surface area contributed by atoms with E-state index in [1.807, 2.05) is 7.05 Å². The third kappa shape index (κ3) is 2.34. The molecule has 0 aromatic carbocycles. The van der Waals surface area contributed by atoms with Crippen LogP contribution in [-0.4, -0.2) is 36.0 Å². The van der Waals surface area contributed by atoms with Crippen LogP contribution < -0.4 is 5.32 Å². The van der Waals surface area contributed by atoms with Crippen LogP contribution in [0.25, 0.3) is 0 Å². The maximum Gasteiger partial charge on any atom is 0.176 e. The van der Waals surface area contributed by atoms with Crippen molar-refractivity contribution in [3.63, 3.8) is 0 Å². The van der Waals surface area contributed by atoms with Crippen molar-refractivity contribution in [2.24, 2.45) is 7.05 Å². The molecule has 0 aliphatic carbocycles. The standard InChI is InChI=1S/C7H11N7S/c1-8-5(6-4-9-15-12-6)3-7-10-13-14(2)11-7/h4-5,8H,3H2,1-2H3. The molecule has 0 aliphatic heterocycles. The van der Waals surface area contributed by atoms with Gasteiger partial charge in [0.2, 0.25) is 0 Å². The second-order valence-corrected chi connectivity index (χ2v) is 3.63. The number of tetrazole rings is 1. The van der Waals surface area contributed by atoms with Crippen LogP contribution in [0, 0.1) is 0 Å². The minimum Gasteiger partial charge on any atom is -0.311 e. The van der Waals surface area contributed by atoms with Crippen LogP contribution in [0.4, 0.5) is 0 Å². The van der Waals surface area contributed by atoms with E-state index in [-0.39, 0.29) is 6.04 Å². The Hall–Kier alpha value is -1.41. The van der Waals surface area contributed by atoms with Gasteiger partial charge in [-0.3, -0.25) is 0 Å². The predicted octanol–water partition coefficient (Wildman–Crippen LogP) is -0.435. The van der Waals surface area contributed by atoms with Crippen molar-refractivity contribution < 1.29 is 0 Å². The quantitative estimate of drug-likeness (QED) is 0.760. The van der Waals surface area contributed by atoms with Gasteiger partial charge in [0.1, 0.15) is 0 Å². The summed E-state index contributed by atoms with van der Waals surface area (Å²) in [6, 6.07) is 0.0907. The number of aromatic nitrogens is 6. The first-order chi connectivity index (χ1) is 7.29. The number of rotatable bonds is 4. The number of nitrogens with one attached hydrogen (secondary N) is 1. The average Bonchev–Trinajstić information content (AvgIpc) is 2.85. The summed E-state index contributed by atoms with van der Waals surface area (Å²) in [4.78, 5) is 1.45. The van der Waals surface area contributed by atoms with Gasteiger partial charge in [-0.15, -0.1) is 10.2 Å². The van der Waals surface area contributed by atoms with Gasteiger partial charge in [0.15, 0.2) is 5.82 Å². The van der Waals surface area contributed by atoms with Gasteiger partial charge in [-0.1, -0.05) is 0 Å². The lowest BCUT2D eigenvalue weighted by atomic mass is 10.1. The van der Waals surface area contributed by atoms with Gasteiger partial charge in [-0.25, -0.2) is 0 Å². The summed E-state index contributed by atoms with van der Waals surface area (Å²) >= 11 is 1.20. The second-order valence-electron chi connectivity index (χ2n) is 3.07. The first-order valence-electron chi connectivity index (χ1n) is 4.47. The highest BCUT2D eigenvalue weighted by molar-refractivity contribution is 6.99. The number of hydrogen-bond acceptors (Lipinski definition) is 7.